The van der Waals surface area contributed by atoms with Crippen molar-refractivity contribution in [3.8, 4) is 0 Å². The highest BCUT2D eigenvalue weighted by atomic mass is 79.9. The Morgan fingerprint density at radius 3 is 2.49 bits per heavy atom. The molecule has 2 bridgehead atoms. The molecule has 3 heterocycles. The molecule has 0 radical (unpaired) electrons. The molecule has 35 heavy (non-hydrogen) atoms. The summed E-state index contributed by atoms with van der Waals surface area (Å²) in [5, 5.41) is 10.3. The number of alkyl halides is 1. The van der Waals surface area contributed by atoms with Gasteiger partial charge in [0.25, 0.3) is 0 Å². The zero-order valence-electron chi connectivity index (χ0n) is 21.4. The van der Waals surface area contributed by atoms with Gasteiger partial charge in [0.15, 0.2) is 0 Å². The average molecular weight is 555 g/mol. The summed E-state index contributed by atoms with van der Waals surface area (Å²) in [6.07, 6.45) is 5.01. The third-order valence-corrected chi connectivity index (χ3v) is 8.63. The van der Waals surface area contributed by atoms with Crippen molar-refractivity contribution in [3.05, 3.63) is 25.3 Å². The van der Waals surface area contributed by atoms with Crippen LogP contribution in [-0.2, 0) is 19.1 Å². The molecule has 3 rings (SSSR count). The summed E-state index contributed by atoms with van der Waals surface area (Å²) in [6, 6.07) is -1.48. The monoisotopic (exact) mass is 553 g/mol. The van der Waals surface area contributed by atoms with Crippen molar-refractivity contribution in [1.82, 2.24) is 14.7 Å². The Balaban J connectivity index is 2.12. The third-order valence-electron chi connectivity index (χ3n) is 7.78. The van der Waals surface area contributed by atoms with Gasteiger partial charge in [-0.1, -0.05) is 55.3 Å². The fourth-order valence-electron chi connectivity index (χ4n) is 6.11. The van der Waals surface area contributed by atoms with E-state index >= 15 is 0 Å². The highest BCUT2D eigenvalue weighted by Gasteiger charge is 2.77. The molecule has 0 aliphatic carbocycles. The number of unbranched alkanes of at least 4 members (excludes halogenated alkanes) is 1. The van der Waals surface area contributed by atoms with Crippen LogP contribution in [0.15, 0.2) is 25.3 Å². The van der Waals surface area contributed by atoms with Crippen LogP contribution in [0.3, 0.4) is 0 Å². The Bertz CT molecular complexity index is 851. The van der Waals surface area contributed by atoms with Gasteiger partial charge in [-0.15, -0.1) is 13.2 Å². The molecule has 0 aromatic heterocycles. The van der Waals surface area contributed by atoms with Crippen molar-refractivity contribution in [2.45, 2.75) is 68.6 Å². The molecular formula is C26H40BrN3O5. The van der Waals surface area contributed by atoms with E-state index in [0.717, 1.165) is 12.8 Å². The topological polar surface area (TPSA) is 90.4 Å². The molecule has 1 spiro atoms. The molecule has 7 atom stereocenters. The van der Waals surface area contributed by atoms with Crippen molar-refractivity contribution in [2.75, 3.05) is 33.3 Å². The first-order valence-electron chi connectivity index (χ1n) is 12.6. The van der Waals surface area contributed by atoms with Gasteiger partial charge in [0, 0.05) is 31.5 Å². The van der Waals surface area contributed by atoms with Crippen LogP contribution in [0.1, 0.15) is 40.0 Å². The van der Waals surface area contributed by atoms with Crippen LogP contribution in [0.2, 0.25) is 0 Å². The summed E-state index contributed by atoms with van der Waals surface area (Å²) in [5.74, 6) is -2.25. The van der Waals surface area contributed by atoms with Crippen molar-refractivity contribution in [2.24, 2.45) is 17.8 Å². The number of carbonyl (C=O) groups is 3. The molecule has 0 aromatic rings. The molecule has 9 heteroatoms. The van der Waals surface area contributed by atoms with Gasteiger partial charge in [-0.25, -0.2) is 0 Å². The number of amides is 3. The second-order valence-electron chi connectivity index (χ2n) is 10.3. The van der Waals surface area contributed by atoms with Gasteiger partial charge in [-0.2, -0.15) is 0 Å². The smallest absolute Gasteiger partial charge is 0.248 e. The van der Waals surface area contributed by atoms with E-state index in [-0.39, 0.29) is 35.1 Å². The zero-order valence-corrected chi connectivity index (χ0v) is 22.9. The van der Waals surface area contributed by atoms with E-state index in [2.05, 4.69) is 36.0 Å². The number of aliphatic hydroxyl groups is 1. The summed E-state index contributed by atoms with van der Waals surface area (Å²) in [7, 11) is 1.69. The lowest BCUT2D eigenvalue weighted by atomic mass is 9.70. The molecule has 8 nitrogen and oxygen atoms in total. The molecular weight excluding hydrogens is 514 g/mol. The fourth-order valence-corrected chi connectivity index (χ4v) is 7.06. The van der Waals surface area contributed by atoms with Crippen LogP contribution in [0.25, 0.3) is 0 Å². The maximum atomic E-state index is 14.2. The lowest BCUT2D eigenvalue weighted by Crippen LogP contribution is -2.60. The molecule has 0 aromatic carbocycles. The highest BCUT2D eigenvalue weighted by Crippen LogP contribution is 2.61. The Labute approximate surface area is 217 Å². The van der Waals surface area contributed by atoms with Crippen LogP contribution >= 0.6 is 15.9 Å². The summed E-state index contributed by atoms with van der Waals surface area (Å²) in [5.41, 5.74) is -1.13. The Hall–Kier alpha value is -1.71. The van der Waals surface area contributed by atoms with Gasteiger partial charge in [0.1, 0.15) is 11.6 Å². The molecule has 3 aliphatic rings. The van der Waals surface area contributed by atoms with E-state index in [1.165, 1.54) is 0 Å². The number of nitrogens with zero attached hydrogens (tertiary/aromatic N) is 3. The van der Waals surface area contributed by atoms with Crippen molar-refractivity contribution in [3.63, 3.8) is 0 Å². The second-order valence-corrected chi connectivity index (χ2v) is 11.5. The minimum atomic E-state index is -1.13. The predicted octanol–water partition coefficient (Wildman–Crippen LogP) is 2.21. The van der Waals surface area contributed by atoms with E-state index in [1.807, 2.05) is 13.8 Å². The first-order chi connectivity index (χ1) is 16.6. The van der Waals surface area contributed by atoms with Crippen LogP contribution < -0.4 is 0 Å². The van der Waals surface area contributed by atoms with Gasteiger partial charge in [-0.3, -0.25) is 14.4 Å². The summed E-state index contributed by atoms with van der Waals surface area (Å²) < 4.78 is 6.56. The number of likely N-dealkylation sites (N-methyl/N-ethyl adjacent to an activating group) is 1. The number of halogens is 1. The minimum absolute atomic E-state index is 0.0902. The molecule has 3 saturated heterocycles. The molecule has 196 valence electrons. The predicted molar refractivity (Wildman–Crippen MR) is 138 cm³/mol. The van der Waals surface area contributed by atoms with Gasteiger partial charge < -0.3 is 24.5 Å². The number of ether oxygens (including phenoxy) is 1. The minimum Gasteiger partial charge on any atom is -0.394 e. The standard InChI is InChI=1S/C26H40BrN3O5/c1-7-10-13-29(12-9-3)25(34)22-26-14-17(27)21(35-26)19(23(32)28(6)11-8-2)20(26)24(33)30(22)18(15-31)16(4)5/h8-9,16-22,31H,2-3,7,10-15H2,1,4-6H3/t17?,18-,19-,20-,21-,22?,26?/m0/s1. The number of aliphatic hydroxyl groups excluding tert-OH is 1. The number of carbonyl (C=O) groups excluding carboxylic acids is 3. The number of hydrogen-bond acceptors (Lipinski definition) is 5. The van der Waals surface area contributed by atoms with E-state index in [4.69, 9.17) is 4.74 Å². The third kappa shape index (κ3) is 4.60. The highest BCUT2D eigenvalue weighted by molar-refractivity contribution is 9.09. The first kappa shape index (κ1) is 27.9. The normalized spacial score (nSPS) is 32.0. The Kier molecular flexibility index (Phi) is 8.86. The van der Waals surface area contributed by atoms with Crippen LogP contribution in [0, 0.1) is 17.8 Å². The van der Waals surface area contributed by atoms with Gasteiger partial charge in [0.05, 0.1) is 30.6 Å². The molecule has 1 N–H and O–H groups in total. The second kappa shape index (κ2) is 11.1. The van der Waals surface area contributed by atoms with Gasteiger partial charge >= 0.3 is 0 Å². The van der Waals surface area contributed by atoms with Crippen molar-refractivity contribution >= 4 is 33.7 Å². The summed E-state index contributed by atoms with van der Waals surface area (Å²) in [4.78, 5) is 46.5. The average Bonchev–Trinajstić information content (AvgIpc) is 3.40. The van der Waals surface area contributed by atoms with Crippen molar-refractivity contribution in [1.29, 1.82) is 0 Å². The van der Waals surface area contributed by atoms with Crippen LogP contribution in [-0.4, -0.2) is 99.4 Å². The van der Waals surface area contributed by atoms with Gasteiger partial charge in [-0.05, 0) is 18.8 Å². The molecule has 3 fully saturated rings. The first-order valence-corrected chi connectivity index (χ1v) is 13.5. The largest absolute Gasteiger partial charge is 0.394 e. The fraction of sp³-hybridized carbons (Fsp3) is 0.731. The molecule has 0 saturated carbocycles. The zero-order chi connectivity index (χ0) is 26.1. The van der Waals surface area contributed by atoms with E-state index < -0.39 is 35.6 Å². The maximum Gasteiger partial charge on any atom is 0.248 e. The molecule has 3 amide bonds. The number of rotatable bonds is 12. The summed E-state index contributed by atoms with van der Waals surface area (Å²) in [6.45, 7) is 14.4. The van der Waals surface area contributed by atoms with Crippen LogP contribution in [0.4, 0.5) is 0 Å². The van der Waals surface area contributed by atoms with E-state index in [0.29, 0.717) is 26.1 Å². The quantitative estimate of drug-likeness (QED) is 0.295. The lowest BCUT2D eigenvalue weighted by molar-refractivity contribution is -0.152. The van der Waals surface area contributed by atoms with Gasteiger partial charge in [0.2, 0.25) is 17.7 Å². The number of likely N-dealkylation sites (tertiary alicyclic amines) is 1. The number of hydrogen-bond donors (Lipinski definition) is 1. The Morgan fingerprint density at radius 1 is 1.29 bits per heavy atom. The van der Waals surface area contributed by atoms with Crippen LogP contribution in [0.5, 0.6) is 0 Å². The van der Waals surface area contributed by atoms with E-state index in [9.17, 15) is 19.5 Å². The maximum absolute atomic E-state index is 14.2. The Morgan fingerprint density at radius 2 is 1.94 bits per heavy atom. The van der Waals surface area contributed by atoms with E-state index in [1.54, 1.807) is 33.9 Å². The molecule has 3 unspecified atom stereocenters. The summed E-state index contributed by atoms with van der Waals surface area (Å²) >= 11 is 3.70. The SMILES string of the molecule is C=CCN(C)C(=O)[C@H]1[C@H]2C(=O)N([C@@H](CO)C(C)C)C(C(=O)N(CC=C)CCCC)C23CC(Br)[C@@H]1O3. The number of fused-ring (bicyclic) bond motifs is 1. The van der Waals surface area contributed by atoms with Crippen molar-refractivity contribution < 1.29 is 24.2 Å². The lowest BCUT2D eigenvalue weighted by Gasteiger charge is -2.40. The molecule has 3 aliphatic heterocycles.